The standard InChI is InChI=1S/C14H20N2O3/c1-18-13-7-3-2-6-12(13)16-14(17)10-19-9-11-5-4-8-15-11/h2-3,6-7,11,15H,4-5,8-10H2,1H3,(H,16,17). The van der Waals surface area contributed by atoms with Crippen molar-refractivity contribution in [3.05, 3.63) is 24.3 Å². The number of hydrogen-bond acceptors (Lipinski definition) is 4. The maximum absolute atomic E-state index is 11.7. The van der Waals surface area contributed by atoms with Gasteiger partial charge in [-0.25, -0.2) is 0 Å². The van der Waals surface area contributed by atoms with E-state index in [0.717, 1.165) is 13.0 Å². The summed E-state index contributed by atoms with van der Waals surface area (Å²) in [4.78, 5) is 11.7. The second kappa shape index (κ2) is 7.11. The smallest absolute Gasteiger partial charge is 0.250 e. The zero-order valence-corrected chi connectivity index (χ0v) is 11.1. The molecule has 104 valence electrons. The van der Waals surface area contributed by atoms with Crippen LogP contribution in [0, 0.1) is 0 Å². The van der Waals surface area contributed by atoms with Crippen molar-refractivity contribution in [1.29, 1.82) is 0 Å². The molecular formula is C14H20N2O3. The lowest BCUT2D eigenvalue weighted by Crippen LogP contribution is -2.29. The third kappa shape index (κ3) is 4.22. The first kappa shape index (κ1) is 13.8. The second-order valence-corrected chi connectivity index (χ2v) is 4.56. The molecule has 5 heteroatoms. The number of ether oxygens (including phenoxy) is 2. The van der Waals surface area contributed by atoms with Gasteiger partial charge in [0.1, 0.15) is 12.4 Å². The first-order chi connectivity index (χ1) is 9.29. The lowest BCUT2D eigenvalue weighted by atomic mass is 10.2. The van der Waals surface area contributed by atoms with E-state index in [1.165, 1.54) is 6.42 Å². The van der Waals surface area contributed by atoms with E-state index in [9.17, 15) is 4.79 Å². The lowest BCUT2D eigenvalue weighted by Gasteiger charge is -2.12. The Morgan fingerprint density at radius 2 is 2.32 bits per heavy atom. The number of rotatable bonds is 6. The van der Waals surface area contributed by atoms with Crippen LogP contribution in [-0.4, -0.2) is 38.8 Å². The predicted octanol–water partition coefficient (Wildman–Crippen LogP) is 1.40. The topological polar surface area (TPSA) is 59.6 Å². The van der Waals surface area contributed by atoms with Crippen LogP contribution in [-0.2, 0) is 9.53 Å². The Hall–Kier alpha value is -1.59. The van der Waals surface area contributed by atoms with Crippen LogP contribution in [0.4, 0.5) is 5.69 Å². The van der Waals surface area contributed by atoms with E-state index in [1.54, 1.807) is 19.2 Å². The number of hydrogen-bond donors (Lipinski definition) is 2. The van der Waals surface area contributed by atoms with Gasteiger partial charge in [-0.05, 0) is 31.5 Å². The van der Waals surface area contributed by atoms with Gasteiger partial charge in [0.2, 0.25) is 5.91 Å². The molecule has 1 fully saturated rings. The quantitative estimate of drug-likeness (QED) is 0.815. The van der Waals surface area contributed by atoms with Crippen LogP contribution < -0.4 is 15.4 Å². The van der Waals surface area contributed by atoms with Crippen molar-refractivity contribution in [3.63, 3.8) is 0 Å². The molecule has 1 saturated heterocycles. The molecule has 1 heterocycles. The maximum Gasteiger partial charge on any atom is 0.250 e. The molecule has 0 spiro atoms. The van der Waals surface area contributed by atoms with Crippen molar-refractivity contribution in [2.45, 2.75) is 18.9 Å². The minimum atomic E-state index is -0.164. The van der Waals surface area contributed by atoms with Crippen molar-refractivity contribution in [3.8, 4) is 5.75 Å². The number of para-hydroxylation sites is 2. The molecule has 1 aliphatic heterocycles. The second-order valence-electron chi connectivity index (χ2n) is 4.56. The first-order valence-corrected chi connectivity index (χ1v) is 6.53. The zero-order chi connectivity index (χ0) is 13.5. The van der Waals surface area contributed by atoms with Gasteiger partial charge in [-0.2, -0.15) is 0 Å². The number of nitrogens with one attached hydrogen (secondary N) is 2. The number of carbonyl (C=O) groups excluding carboxylic acids is 1. The summed E-state index contributed by atoms with van der Waals surface area (Å²) in [5.41, 5.74) is 0.664. The molecule has 5 nitrogen and oxygen atoms in total. The molecule has 1 aromatic carbocycles. The average molecular weight is 264 g/mol. The molecule has 0 aliphatic carbocycles. The number of amides is 1. The summed E-state index contributed by atoms with van der Waals surface area (Å²) in [6.07, 6.45) is 2.30. The minimum Gasteiger partial charge on any atom is -0.495 e. The van der Waals surface area contributed by atoms with Crippen LogP contribution in [0.1, 0.15) is 12.8 Å². The monoisotopic (exact) mass is 264 g/mol. The summed E-state index contributed by atoms with van der Waals surface area (Å²) in [6.45, 7) is 1.69. The molecule has 1 unspecified atom stereocenters. The highest BCUT2D eigenvalue weighted by atomic mass is 16.5. The Morgan fingerprint density at radius 1 is 1.47 bits per heavy atom. The highest BCUT2D eigenvalue weighted by molar-refractivity contribution is 5.93. The van der Waals surface area contributed by atoms with Crippen molar-refractivity contribution in [2.75, 3.05) is 32.2 Å². The van der Waals surface area contributed by atoms with Crippen LogP contribution in [0.15, 0.2) is 24.3 Å². The fourth-order valence-corrected chi connectivity index (χ4v) is 2.13. The highest BCUT2D eigenvalue weighted by Gasteiger charge is 2.14. The molecule has 0 aromatic heterocycles. The van der Waals surface area contributed by atoms with Crippen LogP contribution in [0.3, 0.4) is 0 Å². The van der Waals surface area contributed by atoms with E-state index in [2.05, 4.69) is 10.6 Å². The Balaban J connectivity index is 1.74. The van der Waals surface area contributed by atoms with E-state index in [4.69, 9.17) is 9.47 Å². The zero-order valence-electron chi connectivity index (χ0n) is 11.1. The number of methoxy groups -OCH3 is 1. The molecule has 0 radical (unpaired) electrons. The minimum absolute atomic E-state index is 0.0657. The fourth-order valence-electron chi connectivity index (χ4n) is 2.13. The van der Waals surface area contributed by atoms with Crippen LogP contribution >= 0.6 is 0 Å². The van der Waals surface area contributed by atoms with Gasteiger partial charge < -0.3 is 20.1 Å². The van der Waals surface area contributed by atoms with Gasteiger partial charge >= 0.3 is 0 Å². The number of carbonyl (C=O) groups is 1. The van der Waals surface area contributed by atoms with Crippen molar-refractivity contribution < 1.29 is 14.3 Å². The summed E-state index contributed by atoms with van der Waals surface area (Å²) in [7, 11) is 1.58. The van der Waals surface area contributed by atoms with E-state index in [0.29, 0.717) is 24.1 Å². The maximum atomic E-state index is 11.7. The van der Waals surface area contributed by atoms with Gasteiger partial charge in [-0.15, -0.1) is 0 Å². The van der Waals surface area contributed by atoms with Crippen molar-refractivity contribution >= 4 is 11.6 Å². The van der Waals surface area contributed by atoms with Gasteiger partial charge in [-0.1, -0.05) is 12.1 Å². The van der Waals surface area contributed by atoms with Crippen molar-refractivity contribution in [1.82, 2.24) is 5.32 Å². The first-order valence-electron chi connectivity index (χ1n) is 6.53. The number of anilines is 1. The average Bonchev–Trinajstić information content (AvgIpc) is 2.92. The molecule has 0 bridgehead atoms. The Labute approximate surface area is 113 Å². The van der Waals surface area contributed by atoms with Crippen molar-refractivity contribution in [2.24, 2.45) is 0 Å². The molecule has 1 aromatic rings. The third-order valence-corrected chi connectivity index (χ3v) is 3.10. The largest absolute Gasteiger partial charge is 0.495 e. The lowest BCUT2D eigenvalue weighted by molar-refractivity contribution is -0.120. The van der Waals surface area contributed by atoms with Crippen LogP contribution in [0.2, 0.25) is 0 Å². The molecular weight excluding hydrogens is 244 g/mol. The van der Waals surface area contributed by atoms with Gasteiger partial charge in [0.05, 0.1) is 19.4 Å². The molecule has 2 N–H and O–H groups in total. The normalized spacial score (nSPS) is 18.3. The molecule has 19 heavy (non-hydrogen) atoms. The molecule has 1 atom stereocenters. The fraction of sp³-hybridized carbons (Fsp3) is 0.500. The molecule has 0 saturated carbocycles. The van der Waals surface area contributed by atoms with E-state index < -0.39 is 0 Å². The van der Waals surface area contributed by atoms with Gasteiger partial charge in [0.15, 0.2) is 0 Å². The molecule has 1 aliphatic rings. The molecule has 2 rings (SSSR count). The van der Waals surface area contributed by atoms with Crippen LogP contribution in [0.25, 0.3) is 0 Å². The van der Waals surface area contributed by atoms with Gasteiger partial charge in [-0.3, -0.25) is 4.79 Å². The van der Waals surface area contributed by atoms with E-state index in [1.807, 2.05) is 12.1 Å². The summed E-state index contributed by atoms with van der Waals surface area (Å²) in [5, 5.41) is 6.10. The summed E-state index contributed by atoms with van der Waals surface area (Å²) in [6, 6.07) is 7.70. The summed E-state index contributed by atoms with van der Waals surface area (Å²) >= 11 is 0. The van der Waals surface area contributed by atoms with E-state index >= 15 is 0 Å². The highest BCUT2D eigenvalue weighted by Crippen LogP contribution is 2.22. The van der Waals surface area contributed by atoms with E-state index in [-0.39, 0.29) is 12.5 Å². The number of benzene rings is 1. The van der Waals surface area contributed by atoms with Gasteiger partial charge in [0.25, 0.3) is 0 Å². The Kier molecular flexibility index (Phi) is 5.18. The Bertz CT molecular complexity index is 417. The predicted molar refractivity (Wildman–Crippen MR) is 73.5 cm³/mol. The Morgan fingerprint density at radius 3 is 3.05 bits per heavy atom. The van der Waals surface area contributed by atoms with Crippen LogP contribution in [0.5, 0.6) is 5.75 Å². The van der Waals surface area contributed by atoms with Gasteiger partial charge in [0, 0.05) is 6.04 Å². The third-order valence-electron chi connectivity index (χ3n) is 3.10. The SMILES string of the molecule is COc1ccccc1NC(=O)COCC1CCCN1. The molecule has 1 amide bonds. The summed E-state index contributed by atoms with van der Waals surface area (Å²) in [5.74, 6) is 0.482. The summed E-state index contributed by atoms with van der Waals surface area (Å²) < 4.78 is 10.6.